The fourth-order valence-electron chi connectivity index (χ4n) is 3.22. The Hall–Kier alpha value is -3.04. The highest BCUT2D eigenvalue weighted by molar-refractivity contribution is 7.07. The summed E-state index contributed by atoms with van der Waals surface area (Å²) in [7, 11) is 0. The average Bonchev–Trinajstić information content (AvgIpc) is 3.38. The molecule has 1 unspecified atom stereocenters. The van der Waals surface area contributed by atoms with E-state index in [1.807, 2.05) is 34.2 Å². The van der Waals surface area contributed by atoms with Gasteiger partial charge < -0.3 is 15.0 Å². The topological polar surface area (TPSA) is 81.0 Å². The van der Waals surface area contributed by atoms with Gasteiger partial charge in [-0.05, 0) is 25.1 Å². The number of imidazole rings is 1. The summed E-state index contributed by atoms with van der Waals surface area (Å²) in [5.41, 5.74) is 4.14. The van der Waals surface area contributed by atoms with Gasteiger partial charge in [-0.25, -0.2) is 9.97 Å². The van der Waals surface area contributed by atoms with Crippen molar-refractivity contribution in [2.45, 2.75) is 13.0 Å². The molecule has 0 amide bonds. The molecule has 0 spiro atoms. The molecule has 1 N–H and O–H groups in total. The number of aromatic nitrogens is 5. The van der Waals surface area contributed by atoms with Crippen LogP contribution in [0.3, 0.4) is 0 Å². The highest BCUT2D eigenvalue weighted by atomic mass is 32.1. The molecule has 1 aliphatic rings. The summed E-state index contributed by atoms with van der Waals surface area (Å²) < 4.78 is 7.56. The van der Waals surface area contributed by atoms with Crippen molar-refractivity contribution in [2.75, 3.05) is 29.9 Å². The van der Waals surface area contributed by atoms with E-state index < -0.39 is 0 Å². The largest absolute Gasteiger partial charge is 0.375 e. The average molecular weight is 392 g/mol. The first-order valence-electron chi connectivity index (χ1n) is 9.01. The number of fused-ring (bicyclic) bond motifs is 1. The maximum absolute atomic E-state index is 5.67. The van der Waals surface area contributed by atoms with Gasteiger partial charge in [0.2, 0.25) is 5.95 Å². The Morgan fingerprint density at radius 1 is 1.25 bits per heavy atom. The predicted octanol–water partition coefficient (Wildman–Crippen LogP) is 3.04. The molecule has 3 aromatic heterocycles. The quantitative estimate of drug-likeness (QED) is 0.572. The van der Waals surface area contributed by atoms with Gasteiger partial charge in [0, 0.05) is 24.2 Å². The van der Waals surface area contributed by atoms with Gasteiger partial charge in [-0.2, -0.15) is 9.97 Å². The monoisotopic (exact) mass is 392 g/mol. The maximum Gasteiger partial charge on any atom is 0.229 e. The van der Waals surface area contributed by atoms with Gasteiger partial charge in [-0.3, -0.25) is 4.57 Å². The second kappa shape index (κ2) is 7.17. The lowest BCUT2D eigenvalue weighted by Gasteiger charge is -2.31. The number of ether oxygens (including phenoxy) is 1. The molecule has 1 saturated heterocycles. The second-order valence-corrected chi connectivity index (χ2v) is 7.27. The zero-order chi connectivity index (χ0) is 18.9. The van der Waals surface area contributed by atoms with Crippen LogP contribution in [0.4, 0.5) is 17.5 Å². The van der Waals surface area contributed by atoms with Crippen LogP contribution < -0.4 is 10.2 Å². The van der Waals surface area contributed by atoms with E-state index in [9.17, 15) is 0 Å². The molecule has 1 aromatic carbocycles. The summed E-state index contributed by atoms with van der Waals surface area (Å²) in [6.45, 7) is 4.21. The van der Waals surface area contributed by atoms with Crippen LogP contribution in [0.15, 0.2) is 41.5 Å². The number of nitrogens with one attached hydrogen (secondary N) is 1. The summed E-state index contributed by atoms with van der Waals surface area (Å²) in [5, 5.41) is 5.35. The predicted molar refractivity (Wildman–Crippen MR) is 109 cm³/mol. The van der Waals surface area contributed by atoms with Gasteiger partial charge in [0.25, 0.3) is 0 Å². The first-order chi connectivity index (χ1) is 13.8. The molecule has 1 aliphatic heterocycles. The van der Waals surface area contributed by atoms with Gasteiger partial charge >= 0.3 is 0 Å². The lowest BCUT2D eigenvalue weighted by atomic mass is 10.3. The molecule has 1 radical (unpaired) electrons. The van der Waals surface area contributed by atoms with Crippen LogP contribution in [0, 0.1) is 6.07 Å². The number of nitrogens with zero attached hydrogens (tertiary/aromatic N) is 6. The van der Waals surface area contributed by atoms with E-state index in [1.54, 1.807) is 11.8 Å². The highest BCUT2D eigenvalue weighted by Crippen LogP contribution is 2.27. The Morgan fingerprint density at radius 2 is 2.14 bits per heavy atom. The van der Waals surface area contributed by atoms with Gasteiger partial charge in [-0.15, -0.1) is 11.3 Å². The number of thiazole rings is 1. The third kappa shape index (κ3) is 3.19. The molecule has 1 fully saturated rings. The second-order valence-electron chi connectivity index (χ2n) is 6.55. The van der Waals surface area contributed by atoms with Crippen LogP contribution in [-0.2, 0) is 4.74 Å². The summed E-state index contributed by atoms with van der Waals surface area (Å²) in [6, 6.07) is 10.6. The first kappa shape index (κ1) is 17.1. The minimum absolute atomic E-state index is 0.137. The zero-order valence-electron chi connectivity index (χ0n) is 15.2. The summed E-state index contributed by atoms with van der Waals surface area (Å²) >= 11 is 1.54. The molecule has 0 saturated carbocycles. The Kier molecular flexibility index (Phi) is 4.38. The van der Waals surface area contributed by atoms with E-state index >= 15 is 0 Å². The van der Waals surface area contributed by atoms with Crippen LogP contribution in [0.2, 0.25) is 0 Å². The number of benzene rings is 1. The molecular weight excluding hydrogens is 374 g/mol. The summed E-state index contributed by atoms with van der Waals surface area (Å²) in [6.07, 6.45) is 1.88. The molecule has 8 nitrogen and oxygen atoms in total. The molecule has 28 heavy (non-hydrogen) atoms. The number of anilines is 3. The number of rotatable bonds is 4. The molecule has 4 heterocycles. The lowest BCUT2D eigenvalue weighted by Crippen LogP contribution is -2.42. The van der Waals surface area contributed by atoms with Crippen LogP contribution in [0.5, 0.6) is 0 Å². The van der Waals surface area contributed by atoms with E-state index in [4.69, 9.17) is 14.7 Å². The standard InChI is InChI=1S/C19H18N7OS/c1-13-9-25(7-8-27-13)19-23-17(22-14-5-3-2-4-6-14)16-18(24-19)26(11-20-16)15-10-28-12-21-15/h3-6,10-13H,7-9H2,1H3,(H,22,23,24). The van der Waals surface area contributed by atoms with Crippen LogP contribution in [0.1, 0.15) is 6.92 Å². The molecule has 0 aliphatic carbocycles. The highest BCUT2D eigenvalue weighted by Gasteiger charge is 2.22. The van der Waals surface area contributed by atoms with Crippen molar-refractivity contribution in [3.8, 4) is 5.82 Å². The van der Waals surface area contributed by atoms with Crippen LogP contribution in [0.25, 0.3) is 17.0 Å². The van der Waals surface area contributed by atoms with E-state index in [0.29, 0.717) is 23.9 Å². The molecule has 0 bridgehead atoms. The molecule has 1 atom stereocenters. The molecule has 141 valence electrons. The van der Waals surface area contributed by atoms with E-state index in [2.05, 4.69) is 33.2 Å². The Bertz CT molecular complexity index is 1080. The van der Waals surface area contributed by atoms with E-state index in [1.165, 1.54) is 11.3 Å². The van der Waals surface area contributed by atoms with Crippen molar-refractivity contribution >= 4 is 40.0 Å². The van der Waals surface area contributed by atoms with Gasteiger partial charge in [0.05, 0.1) is 18.2 Å². The third-order valence-electron chi connectivity index (χ3n) is 4.56. The summed E-state index contributed by atoms with van der Waals surface area (Å²) in [4.78, 5) is 20.7. The molecule has 4 aromatic rings. The lowest BCUT2D eigenvalue weighted by molar-refractivity contribution is 0.0526. The SMILES string of the molecule is CC1CN(c2nc(Nc3cc[c]cc3)c3ncn(-c4cscn4)c3n2)CCO1. The van der Waals surface area contributed by atoms with Gasteiger partial charge in [0.15, 0.2) is 22.8 Å². The van der Waals surface area contributed by atoms with Gasteiger partial charge in [-0.1, -0.05) is 12.1 Å². The van der Waals surface area contributed by atoms with Crippen molar-refractivity contribution in [1.29, 1.82) is 0 Å². The van der Waals surface area contributed by atoms with Crippen molar-refractivity contribution in [2.24, 2.45) is 0 Å². The molecule has 9 heteroatoms. The fraction of sp³-hybridized carbons (Fsp3) is 0.263. The molecule has 5 rings (SSSR count). The van der Waals surface area contributed by atoms with Crippen molar-refractivity contribution in [1.82, 2.24) is 24.5 Å². The smallest absolute Gasteiger partial charge is 0.229 e. The van der Waals surface area contributed by atoms with Crippen molar-refractivity contribution < 1.29 is 4.74 Å². The minimum Gasteiger partial charge on any atom is -0.375 e. The number of hydrogen-bond donors (Lipinski definition) is 1. The Balaban J connectivity index is 1.64. The first-order valence-corrected chi connectivity index (χ1v) is 9.95. The van der Waals surface area contributed by atoms with Crippen molar-refractivity contribution in [3.63, 3.8) is 0 Å². The maximum atomic E-state index is 5.67. The minimum atomic E-state index is 0.137. The zero-order valence-corrected chi connectivity index (χ0v) is 16.1. The van der Waals surface area contributed by atoms with E-state index in [0.717, 1.165) is 30.2 Å². The number of hydrogen-bond acceptors (Lipinski definition) is 8. The third-order valence-corrected chi connectivity index (χ3v) is 5.13. The molecular formula is C19H18N7OS. The van der Waals surface area contributed by atoms with Crippen molar-refractivity contribution in [3.05, 3.63) is 47.5 Å². The summed E-state index contributed by atoms with van der Waals surface area (Å²) in [5.74, 6) is 2.12. The Labute approximate surface area is 165 Å². The normalized spacial score (nSPS) is 17.2. The van der Waals surface area contributed by atoms with Gasteiger partial charge in [0.1, 0.15) is 6.33 Å². The van der Waals surface area contributed by atoms with Crippen LogP contribution >= 0.6 is 11.3 Å². The fourth-order valence-corrected chi connectivity index (χ4v) is 3.74. The van der Waals surface area contributed by atoms with Crippen LogP contribution in [-0.4, -0.2) is 50.3 Å². The Morgan fingerprint density at radius 3 is 2.93 bits per heavy atom. The van der Waals surface area contributed by atoms with E-state index in [-0.39, 0.29) is 6.10 Å². The number of morpholine rings is 1.